The molecule has 1 fully saturated rings. The van der Waals surface area contributed by atoms with E-state index < -0.39 is 0 Å². The maximum atomic E-state index is 5.84. The second-order valence-electron chi connectivity index (χ2n) is 7.82. The summed E-state index contributed by atoms with van der Waals surface area (Å²) < 4.78 is 5.84. The van der Waals surface area contributed by atoms with E-state index in [-0.39, 0.29) is 11.0 Å². The molecule has 1 heterocycles. The van der Waals surface area contributed by atoms with Crippen LogP contribution in [0.3, 0.4) is 0 Å². The zero-order valence-corrected chi connectivity index (χ0v) is 14.6. The van der Waals surface area contributed by atoms with Crippen molar-refractivity contribution in [1.29, 1.82) is 0 Å². The molecule has 1 aliphatic rings. The Bertz CT molecular complexity index is 265. The van der Waals surface area contributed by atoms with E-state index in [1.165, 1.54) is 25.8 Å². The SMILES string of the molecule is CCCN(CC1(CNC(C)(C)C)CCCOC1)C(C)C. The third-order valence-corrected chi connectivity index (χ3v) is 4.18. The van der Waals surface area contributed by atoms with Crippen LogP contribution in [0.25, 0.3) is 0 Å². The first-order valence-corrected chi connectivity index (χ1v) is 8.35. The molecule has 0 spiro atoms. The van der Waals surface area contributed by atoms with Gasteiger partial charge in [0.25, 0.3) is 0 Å². The smallest absolute Gasteiger partial charge is 0.0546 e. The lowest BCUT2D eigenvalue weighted by Crippen LogP contribution is -2.53. The first-order valence-electron chi connectivity index (χ1n) is 8.35. The van der Waals surface area contributed by atoms with Crippen LogP contribution in [-0.2, 0) is 4.74 Å². The molecule has 0 saturated carbocycles. The minimum Gasteiger partial charge on any atom is -0.381 e. The molecule has 0 aromatic rings. The van der Waals surface area contributed by atoms with Crippen molar-refractivity contribution in [2.75, 3.05) is 32.8 Å². The van der Waals surface area contributed by atoms with Crippen molar-refractivity contribution in [1.82, 2.24) is 10.2 Å². The van der Waals surface area contributed by atoms with E-state index in [4.69, 9.17) is 4.74 Å². The standard InChI is InChI=1S/C17H36N2O/c1-7-10-19(15(2)3)13-17(9-8-11-20-14-17)12-18-16(4,5)6/h15,18H,7-14H2,1-6H3. The molecule has 0 radical (unpaired) electrons. The molecular weight excluding hydrogens is 248 g/mol. The van der Waals surface area contributed by atoms with Gasteiger partial charge in [-0.1, -0.05) is 6.92 Å². The highest BCUT2D eigenvalue weighted by Crippen LogP contribution is 2.30. The molecule has 120 valence electrons. The van der Waals surface area contributed by atoms with Gasteiger partial charge in [0, 0.05) is 36.7 Å². The highest BCUT2D eigenvalue weighted by atomic mass is 16.5. The molecule has 0 aliphatic carbocycles. The summed E-state index contributed by atoms with van der Waals surface area (Å²) >= 11 is 0. The zero-order chi connectivity index (χ0) is 15.2. The van der Waals surface area contributed by atoms with Crippen LogP contribution in [0.1, 0.15) is 60.8 Å². The summed E-state index contributed by atoms with van der Waals surface area (Å²) in [5, 5.41) is 3.71. The Morgan fingerprint density at radius 3 is 2.45 bits per heavy atom. The molecule has 1 N–H and O–H groups in total. The second-order valence-corrected chi connectivity index (χ2v) is 7.82. The Morgan fingerprint density at radius 1 is 1.30 bits per heavy atom. The van der Waals surface area contributed by atoms with Crippen LogP contribution in [-0.4, -0.2) is 49.3 Å². The number of nitrogens with zero attached hydrogens (tertiary/aromatic N) is 1. The Morgan fingerprint density at radius 2 is 2.00 bits per heavy atom. The fourth-order valence-corrected chi connectivity index (χ4v) is 2.92. The van der Waals surface area contributed by atoms with Gasteiger partial charge in [-0.15, -0.1) is 0 Å². The predicted octanol–water partition coefficient (Wildman–Crippen LogP) is 3.29. The highest BCUT2D eigenvalue weighted by molar-refractivity contribution is 4.90. The van der Waals surface area contributed by atoms with E-state index in [1.54, 1.807) is 0 Å². The summed E-state index contributed by atoms with van der Waals surface area (Å²) in [6.45, 7) is 18.9. The molecule has 20 heavy (non-hydrogen) atoms. The van der Waals surface area contributed by atoms with Crippen molar-refractivity contribution < 1.29 is 4.74 Å². The van der Waals surface area contributed by atoms with E-state index in [0.29, 0.717) is 6.04 Å². The molecule has 3 heteroatoms. The number of rotatable bonds is 7. The van der Waals surface area contributed by atoms with E-state index >= 15 is 0 Å². The molecule has 1 rings (SSSR count). The molecule has 1 saturated heterocycles. The minimum atomic E-state index is 0.178. The van der Waals surface area contributed by atoms with Crippen molar-refractivity contribution in [3.8, 4) is 0 Å². The predicted molar refractivity (Wildman–Crippen MR) is 87.2 cm³/mol. The van der Waals surface area contributed by atoms with Crippen LogP contribution < -0.4 is 5.32 Å². The maximum absolute atomic E-state index is 5.84. The van der Waals surface area contributed by atoms with Gasteiger partial charge in [-0.3, -0.25) is 0 Å². The summed E-state index contributed by atoms with van der Waals surface area (Å²) in [6.07, 6.45) is 3.70. The van der Waals surface area contributed by atoms with Crippen LogP contribution in [0.2, 0.25) is 0 Å². The van der Waals surface area contributed by atoms with E-state index in [9.17, 15) is 0 Å². The monoisotopic (exact) mass is 284 g/mol. The Labute approximate surface area is 126 Å². The second kappa shape index (κ2) is 7.77. The summed E-state index contributed by atoms with van der Waals surface area (Å²) in [5.41, 5.74) is 0.461. The van der Waals surface area contributed by atoms with Gasteiger partial charge in [-0.25, -0.2) is 0 Å². The number of hydrogen-bond acceptors (Lipinski definition) is 3. The van der Waals surface area contributed by atoms with Gasteiger partial charge >= 0.3 is 0 Å². The molecule has 1 atom stereocenters. The van der Waals surface area contributed by atoms with Gasteiger partial charge in [0.15, 0.2) is 0 Å². The van der Waals surface area contributed by atoms with Crippen molar-refractivity contribution in [3.63, 3.8) is 0 Å². The van der Waals surface area contributed by atoms with Gasteiger partial charge in [-0.05, 0) is 60.4 Å². The zero-order valence-electron chi connectivity index (χ0n) is 14.6. The lowest BCUT2D eigenvalue weighted by molar-refractivity contribution is -0.0333. The maximum Gasteiger partial charge on any atom is 0.0546 e. The quantitative estimate of drug-likeness (QED) is 0.776. The summed E-state index contributed by atoms with van der Waals surface area (Å²) in [5.74, 6) is 0. The van der Waals surface area contributed by atoms with Crippen LogP contribution in [0.5, 0.6) is 0 Å². The number of hydrogen-bond donors (Lipinski definition) is 1. The fraction of sp³-hybridized carbons (Fsp3) is 1.00. The van der Waals surface area contributed by atoms with Crippen molar-refractivity contribution >= 4 is 0 Å². The molecule has 0 aromatic carbocycles. The van der Waals surface area contributed by atoms with Gasteiger partial charge in [0.05, 0.1) is 6.61 Å². The lowest BCUT2D eigenvalue weighted by atomic mass is 9.80. The van der Waals surface area contributed by atoms with E-state index in [0.717, 1.165) is 26.3 Å². The molecule has 0 bridgehead atoms. The molecule has 0 aromatic heterocycles. The average molecular weight is 284 g/mol. The van der Waals surface area contributed by atoms with E-state index in [1.807, 2.05) is 0 Å². The van der Waals surface area contributed by atoms with E-state index in [2.05, 4.69) is 51.8 Å². The summed E-state index contributed by atoms with van der Waals surface area (Å²) in [7, 11) is 0. The summed E-state index contributed by atoms with van der Waals surface area (Å²) in [6, 6.07) is 0.614. The minimum absolute atomic E-state index is 0.178. The topological polar surface area (TPSA) is 24.5 Å². The first kappa shape index (κ1) is 17.9. The third-order valence-electron chi connectivity index (χ3n) is 4.18. The van der Waals surface area contributed by atoms with Crippen molar-refractivity contribution in [2.24, 2.45) is 5.41 Å². The number of ether oxygens (including phenoxy) is 1. The van der Waals surface area contributed by atoms with Crippen LogP contribution in [0.4, 0.5) is 0 Å². The average Bonchev–Trinajstić information content (AvgIpc) is 2.36. The van der Waals surface area contributed by atoms with Crippen molar-refractivity contribution in [2.45, 2.75) is 72.4 Å². The molecule has 1 aliphatic heterocycles. The molecule has 1 unspecified atom stereocenters. The lowest BCUT2D eigenvalue weighted by Gasteiger charge is -2.43. The normalized spacial score (nSPS) is 24.6. The van der Waals surface area contributed by atoms with Gasteiger partial charge in [0.2, 0.25) is 0 Å². The molecule has 3 nitrogen and oxygen atoms in total. The number of nitrogens with one attached hydrogen (secondary N) is 1. The van der Waals surface area contributed by atoms with Gasteiger partial charge in [0.1, 0.15) is 0 Å². The third kappa shape index (κ3) is 6.11. The molecular formula is C17H36N2O. The van der Waals surface area contributed by atoms with Gasteiger partial charge in [-0.2, -0.15) is 0 Å². The Hall–Kier alpha value is -0.120. The first-order chi connectivity index (χ1) is 9.28. The fourth-order valence-electron chi connectivity index (χ4n) is 2.92. The van der Waals surface area contributed by atoms with Crippen molar-refractivity contribution in [3.05, 3.63) is 0 Å². The highest BCUT2D eigenvalue weighted by Gasteiger charge is 2.36. The Kier molecular flexibility index (Phi) is 6.96. The van der Waals surface area contributed by atoms with Crippen LogP contribution in [0.15, 0.2) is 0 Å². The Balaban J connectivity index is 2.71. The largest absolute Gasteiger partial charge is 0.381 e. The van der Waals surface area contributed by atoms with Crippen LogP contribution >= 0.6 is 0 Å². The molecule has 0 amide bonds. The van der Waals surface area contributed by atoms with Gasteiger partial charge < -0.3 is 15.0 Å². The summed E-state index contributed by atoms with van der Waals surface area (Å²) in [4.78, 5) is 2.62. The van der Waals surface area contributed by atoms with Crippen LogP contribution in [0, 0.1) is 5.41 Å².